The summed E-state index contributed by atoms with van der Waals surface area (Å²) in [6, 6.07) is 9.09. The molecule has 4 heteroatoms. The third-order valence-electron chi connectivity index (χ3n) is 4.11. The van der Waals surface area contributed by atoms with Crippen molar-refractivity contribution in [3.8, 4) is 6.07 Å². The zero-order valence-electron chi connectivity index (χ0n) is 11.6. The maximum absolute atomic E-state index is 11.9. The third kappa shape index (κ3) is 3.58. The first-order valence-electron chi connectivity index (χ1n) is 7.04. The fraction of sp³-hybridized carbons (Fsp3) is 0.500. The molecule has 0 unspecified atom stereocenters. The van der Waals surface area contributed by atoms with Gasteiger partial charge in [0, 0.05) is 12.0 Å². The fourth-order valence-electron chi connectivity index (χ4n) is 2.75. The number of nitrogens with one attached hydrogen (secondary N) is 1. The number of rotatable bonds is 5. The Labute approximate surface area is 119 Å². The van der Waals surface area contributed by atoms with Gasteiger partial charge in [0.15, 0.2) is 0 Å². The van der Waals surface area contributed by atoms with E-state index in [1.54, 1.807) is 24.3 Å². The van der Waals surface area contributed by atoms with Crippen LogP contribution in [0.1, 0.15) is 36.8 Å². The van der Waals surface area contributed by atoms with Gasteiger partial charge in [-0.1, -0.05) is 25.0 Å². The number of hydrogen-bond acceptors (Lipinski definition) is 3. The van der Waals surface area contributed by atoms with E-state index >= 15 is 0 Å². The van der Waals surface area contributed by atoms with Gasteiger partial charge in [-0.25, -0.2) is 0 Å². The van der Waals surface area contributed by atoms with E-state index in [4.69, 9.17) is 5.26 Å². The van der Waals surface area contributed by atoms with Crippen LogP contribution in [0, 0.1) is 16.7 Å². The van der Waals surface area contributed by atoms with Gasteiger partial charge >= 0.3 is 0 Å². The predicted molar refractivity (Wildman–Crippen MR) is 75.9 cm³/mol. The summed E-state index contributed by atoms with van der Waals surface area (Å²) in [5, 5.41) is 21.1. The molecule has 0 aromatic heterocycles. The smallest absolute Gasteiger partial charge is 0.224 e. The molecule has 0 heterocycles. The molecule has 20 heavy (non-hydrogen) atoms. The molecule has 2 N–H and O–H groups in total. The highest BCUT2D eigenvalue weighted by atomic mass is 16.3. The van der Waals surface area contributed by atoms with Crippen molar-refractivity contribution in [1.82, 2.24) is 5.32 Å². The molecule has 1 saturated carbocycles. The molecule has 2 rings (SSSR count). The number of aliphatic hydroxyl groups excluding tert-OH is 1. The van der Waals surface area contributed by atoms with Crippen LogP contribution in [0.3, 0.4) is 0 Å². The summed E-state index contributed by atoms with van der Waals surface area (Å²) in [6.07, 6.45) is 4.55. The molecular weight excluding hydrogens is 252 g/mol. The van der Waals surface area contributed by atoms with Gasteiger partial charge < -0.3 is 10.4 Å². The Balaban J connectivity index is 1.84. The second-order valence-electron chi connectivity index (χ2n) is 5.63. The Hall–Kier alpha value is -1.86. The number of benzene rings is 1. The predicted octanol–water partition coefficient (Wildman–Crippen LogP) is 1.77. The maximum Gasteiger partial charge on any atom is 0.224 e. The molecule has 0 aliphatic heterocycles. The molecule has 1 aromatic carbocycles. The molecule has 0 spiro atoms. The molecule has 0 radical (unpaired) electrons. The van der Waals surface area contributed by atoms with Crippen molar-refractivity contribution in [3.63, 3.8) is 0 Å². The minimum atomic E-state index is -0.111. The lowest BCUT2D eigenvalue weighted by molar-refractivity contribution is -0.121. The van der Waals surface area contributed by atoms with Crippen LogP contribution in [0.15, 0.2) is 24.3 Å². The quantitative estimate of drug-likeness (QED) is 0.858. The van der Waals surface area contributed by atoms with Crippen molar-refractivity contribution in [1.29, 1.82) is 5.26 Å². The van der Waals surface area contributed by atoms with Gasteiger partial charge in [0.1, 0.15) is 0 Å². The van der Waals surface area contributed by atoms with Crippen LogP contribution in [0.5, 0.6) is 0 Å². The molecule has 0 bridgehead atoms. The van der Waals surface area contributed by atoms with Crippen molar-refractivity contribution >= 4 is 5.91 Å². The van der Waals surface area contributed by atoms with Crippen LogP contribution in [0.25, 0.3) is 0 Å². The van der Waals surface area contributed by atoms with Gasteiger partial charge in [-0.05, 0) is 30.5 Å². The summed E-state index contributed by atoms with van der Waals surface area (Å²) >= 11 is 0. The topological polar surface area (TPSA) is 73.1 Å². The van der Waals surface area contributed by atoms with E-state index in [-0.39, 0.29) is 17.9 Å². The SMILES string of the molecule is N#Cc1ccc(CC(=O)NCC2(CO)CCCC2)cc1. The Bertz CT molecular complexity index is 496. The number of carbonyl (C=O) groups is 1. The first kappa shape index (κ1) is 14.5. The Kier molecular flexibility index (Phi) is 4.75. The first-order valence-corrected chi connectivity index (χ1v) is 7.04. The van der Waals surface area contributed by atoms with E-state index in [1.807, 2.05) is 0 Å². The van der Waals surface area contributed by atoms with Crippen molar-refractivity contribution in [2.75, 3.05) is 13.2 Å². The van der Waals surface area contributed by atoms with Crippen molar-refractivity contribution in [2.24, 2.45) is 5.41 Å². The van der Waals surface area contributed by atoms with Crippen molar-refractivity contribution in [3.05, 3.63) is 35.4 Å². The van der Waals surface area contributed by atoms with Gasteiger partial charge in [0.25, 0.3) is 0 Å². The van der Waals surface area contributed by atoms with E-state index in [1.165, 1.54) is 0 Å². The normalized spacial score (nSPS) is 16.6. The summed E-state index contributed by atoms with van der Waals surface area (Å²) in [4.78, 5) is 11.9. The van der Waals surface area contributed by atoms with E-state index < -0.39 is 0 Å². The molecule has 1 fully saturated rings. The minimum Gasteiger partial charge on any atom is -0.396 e. The van der Waals surface area contributed by atoms with Crippen LogP contribution in [0.4, 0.5) is 0 Å². The van der Waals surface area contributed by atoms with Gasteiger partial charge in [0.2, 0.25) is 5.91 Å². The van der Waals surface area contributed by atoms with Crippen LogP contribution in [-0.4, -0.2) is 24.2 Å². The summed E-state index contributed by atoms with van der Waals surface area (Å²) in [6.45, 7) is 0.697. The van der Waals surface area contributed by atoms with Crippen molar-refractivity contribution < 1.29 is 9.90 Å². The number of aliphatic hydroxyl groups is 1. The van der Waals surface area contributed by atoms with Crippen LogP contribution >= 0.6 is 0 Å². The highest BCUT2D eigenvalue weighted by Crippen LogP contribution is 2.36. The summed E-state index contributed by atoms with van der Waals surface area (Å²) in [7, 11) is 0. The highest BCUT2D eigenvalue weighted by molar-refractivity contribution is 5.78. The van der Waals surface area contributed by atoms with E-state index in [2.05, 4.69) is 11.4 Å². The third-order valence-corrected chi connectivity index (χ3v) is 4.11. The summed E-state index contributed by atoms with van der Waals surface area (Å²) in [5.41, 5.74) is 1.38. The number of hydrogen-bond donors (Lipinski definition) is 2. The molecule has 4 nitrogen and oxygen atoms in total. The second-order valence-corrected chi connectivity index (χ2v) is 5.63. The Morgan fingerprint density at radius 1 is 1.30 bits per heavy atom. The van der Waals surface area contributed by atoms with E-state index in [0.29, 0.717) is 18.5 Å². The Morgan fingerprint density at radius 3 is 2.50 bits per heavy atom. The average Bonchev–Trinajstić information content (AvgIpc) is 2.95. The molecule has 0 saturated heterocycles. The zero-order chi connectivity index (χ0) is 14.4. The molecule has 0 atom stereocenters. The summed E-state index contributed by atoms with van der Waals surface area (Å²) < 4.78 is 0. The number of nitrogens with zero attached hydrogens (tertiary/aromatic N) is 1. The molecular formula is C16H20N2O2. The lowest BCUT2D eigenvalue weighted by atomic mass is 9.87. The largest absolute Gasteiger partial charge is 0.396 e. The molecule has 1 aromatic rings. The molecule has 1 aliphatic rings. The zero-order valence-corrected chi connectivity index (χ0v) is 11.6. The van der Waals surface area contributed by atoms with E-state index in [0.717, 1.165) is 31.2 Å². The monoisotopic (exact) mass is 272 g/mol. The average molecular weight is 272 g/mol. The second kappa shape index (κ2) is 6.53. The maximum atomic E-state index is 11.9. The first-order chi connectivity index (χ1) is 9.67. The van der Waals surface area contributed by atoms with E-state index in [9.17, 15) is 9.90 Å². The lowest BCUT2D eigenvalue weighted by Gasteiger charge is -2.26. The number of carbonyl (C=O) groups excluding carboxylic acids is 1. The minimum absolute atomic E-state index is 0.0329. The van der Waals surface area contributed by atoms with Crippen LogP contribution in [-0.2, 0) is 11.2 Å². The van der Waals surface area contributed by atoms with Crippen LogP contribution < -0.4 is 5.32 Å². The van der Waals surface area contributed by atoms with Crippen LogP contribution in [0.2, 0.25) is 0 Å². The number of nitriles is 1. The van der Waals surface area contributed by atoms with Gasteiger partial charge in [-0.3, -0.25) is 4.79 Å². The standard InChI is InChI=1S/C16H20N2O2/c17-10-14-5-3-13(4-6-14)9-15(20)18-11-16(12-19)7-1-2-8-16/h3-6,19H,1-2,7-9,11-12H2,(H,18,20). The fourth-order valence-corrected chi connectivity index (χ4v) is 2.75. The number of amides is 1. The summed E-state index contributed by atoms with van der Waals surface area (Å²) in [5.74, 6) is -0.0329. The van der Waals surface area contributed by atoms with Crippen molar-refractivity contribution in [2.45, 2.75) is 32.1 Å². The van der Waals surface area contributed by atoms with Gasteiger partial charge in [-0.2, -0.15) is 5.26 Å². The van der Waals surface area contributed by atoms with Gasteiger partial charge in [-0.15, -0.1) is 0 Å². The molecule has 106 valence electrons. The lowest BCUT2D eigenvalue weighted by Crippen LogP contribution is -2.38. The highest BCUT2D eigenvalue weighted by Gasteiger charge is 2.33. The molecule has 1 aliphatic carbocycles. The van der Waals surface area contributed by atoms with Gasteiger partial charge in [0.05, 0.1) is 24.7 Å². The molecule has 1 amide bonds. The Morgan fingerprint density at radius 2 is 1.95 bits per heavy atom.